The summed E-state index contributed by atoms with van der Waals surface area (Å²) in [5.41, 5.74) is -1.02. The molecular weight excluding hydrogens is 198 g/mol. The third kappa shape index (κ3) is 2.53. The van der Waals surface area contributed by atoms with E-state index < -0.39 is 11.5 Å². The molecule has 0 spiro atoms. The van der Waals surface area contributed by atoms with Gasteiger partial charge in [-0.15, -0.1) is 0 Å². The molecule has 5 heteroatoms. The van der Waals surface area contributed by atoms with Crippen LogP contribution >= 0.6 is 0 Å². The molecule has 0 aliphatic rings. The van der Waals surface area contributed by atoms with E-state index in [0.717, 1.165) is 5.56 Å². The van der Waals surface area contributed by atoms with Gasteiger partial charge in [-0.25, -0.2) is 0 Å². The lowest BCUT2D eigenvalue weighted by atomic mass is 9.93. The van der Waals surface area contributed by atoms with E-state index in [1.165, 1.54) is 6.92 Å². The van der Waals surface area contributed by atoms with E-state index in [4.69, 9.17) is 15.5 Å². The monoisotopic (exact) mass is 211 g/mol. The van der Waals surface area contributed by atoms with Crippen LogP contribution in [0.4, 0.5) is 0 Å². The summed E-state index contributed by atoms with van der Waals surface area (Å²) in [5, 5.41) is 26.5. The molecule has 1 aromatic rings. The second-order valence-corrected chi connectivity index (χ2v) is 3.53. The van der Waals surface area contributed by atoms with Crippen LogP contribution in [-0.2, 0) is 11.2 Å². The summed E-state index contributed by atoms with van der Waals surface area (Å²) in [6, 6.07) is 8.78. The third-order valence-electron chi connectivity index (χ3n) is 2.29. The predicted octanol–water partition coefficient (Wildman–Crippen LogP) is 1.15. The summed E-state index contributed by atoms with van der Waals surface area (Å²) >= 11 is 0. The lowest BCUT2D eigenvalue weighted by molar-refractivity contribution is -0.353. The minimum absolute atomic E-state index is 0.0101. The molecule has 0 aromatic heterocycles. The maximum atomic E-state index is 10.9. The molecule has 0 saturated heterocycles. The van der Waals surface area contributed by atoms with Gasteiger partial charge in [0.05, 0.1) is 0 Å². The lowest BCUT2D eigenvalue weighted by Crippen LogP contribution is -2.50. The summed E-state index contributed by atoms with van der Waals surface area (Å²) in [7, 11) is 0. The normalized spacial score (nSPS) is 14.9. The largest absolute Gasteiger partial charge is 0.480 e. The molecule has 3 N–H and O–H groups in total. The molecule has 0 fully saturated rings. The first-order chi connectivity index (χ1) is 6.97. The van der Waals surface area contributed by atoms with Crippen molar-refractivity contribution in [1.29, 1.82) is 0 Å². The van der Waals surface area contributed by atoms with Gasteiger partial charge in [0.25, 0.3) is 0 Å². The molecule has 82 valence electrons. The zero-order chi connectivity index (χ0) is 11.5. The minimum atomic E-state index is -1.73. The molecule has 1 rings (SSSR count). The Labute approximate surface area is 87.1 Å². The molecule has 0 radical (unpaired) electrons. The van der Waals surface area contributed by atoms with Crippen LogP contribution in [0.1, 0.15) is 12.5 Å². The number of hydrogen-bond donors (Lipinski definition) is 3. The Hall–Kier alpha value is -1.43. The maximum absolute atomic E-state index is 10.9. The standard InChI is InChI=1S/C10H13NO4/c1-10(9(12)13,11(14)15)7-8-5-3-2-4-6-8/h2-6,14-15H,7H2,1H3,(H,12,13). The minimum Gasteiger partial charge on any atom is -0.480 e. The first-order valence-corrected chi connectivity index (χ1v) is 4.42. The van der Waals surface area contributed by atoms with Gasteiger partial charge in [0.2, 0.25) is 0 Å². The molecule has 0 amide bonds. The van der Waals surface area contributed by atoms with E-state index in [1.54, 1.807) is 30.3 Å². The van der Waals surface area contributed by atoms with Crippen molar-refractivity contribution in [1.82, 2.24) is 5.23 Å². The number of carbonyl (C=O) groups is 1. The van der Waals surface area contributed by atoms with Crippen molar-refractivity contribution in [3.05, 3.63) is 35.9 Å². The second kappa shape index (κ2) is 4.39. The zero-order valence-corrected chi connectivity index (χ0v) is 8.29. The highest BCUT2D eigenvalue weighted by Crippen LogP contribution is 2.18. The Morgan fingerprint density at radius 3 is 2.27 bits per heavy atom. The van der Waals surface area contributed by atoms with E-state index in [2.05, 4.69) is 0 Å². The van der Waals surface area contributed by atoms with Gasteiger partial charge in [-0.05, 0) is 12.5 Å². The fraction of sp³-hybridized carbons (Fsp3) is 0.300. The summed E-state index contributed by atoms with van der Waals surface area (Å²) in [6.07, 6.45) is 0.0101. The van der Waals surface area contributed by atoms with Gasteiger partial charge in [-0.3, -0.25) is 15.2 Å². The van der Waals surface area contributed by atoms with Gasteiger partial charge in [-0.1, -0.05) is 35.6 Å². The SMILES string of the molecule is CC(Cc1ccccc1)(C(=O)O)N(O)O. The molecule has 0 heterocycles. The Kier molecular flexibility index (Phi) is 3.41. The Bertz CT molecular complexity index is 339. The Morgan fingerprint density at radius 2 is 1.87 bits per heavy atom. The fourth-order valence-electron chi connectivity index (χ4n) is 1.23. The molecule has 5 nitrogen and oxygen atoms in total. The Morgan fingerprint density at radius 1 is 1.33 bits per heavy atom. The van der Waals surface area contributed by atoms with Crippen LogP contribution in [0.3, 0.4) is 0 Å². The smallest absolute Gasteiger partial charge is 0.329 e. The van der Waals surface area contributed by atoms with Crippen molar-refractivity contribution in [2.24, 2.45) is 0 Å². The molecule has 15 heavy (non-hydrogen) atoms. The number of carboxylic acid groups (broad SMARTS) is 1. The highest BCUT2D eigenvalue weighted by atomic mass is 16.8. The van der Waals surface area contributed by atoms with Crippen molar-refractivity contribution >= 4 is 5.97 Å². The fourth-order valence-corrected chi connectivity index (χ4v) is 1.23. The number of carboxylic acids is 1. The molecule has 1 atom stereocenters. The van der Waals surface area contributed by atoms with Crippen molar-refractivity contribution in [2.45, 2.75) is 18.9 Å². The number of nitrogens with zero attached hydrogens (tertiary/aromatic N) is 1. The summed E-state index contributed by atoms with van der Waals surface area (Å²) in [4.78, 5) is 10.9. The molecular formula is C10H13NO4. The average molecular weight is 211 g/mol. The number of rotatable bonds is 4. The first-order valence-electron chi connectivity index (χ1n) is 4.42. The van der Waals surface area contributed by atoms with Crippen LogP contribution in [0.15, 0.2) is 30.3 Å². The van der Waals surface area contributed by atoms with Crippen LogP contribution < -0.4 is 0 Å². The van der Waals surface area contributed by atoms with E-state index in [9.17, 15) is 4.79 Å². The average Bonchev–Trinajstić information content (AvgIpc) is 2.18. The van der Waals surface area contributed by atoms with Gasteiger partial charge < -0.3 is 5.11 Å². The Balaban J connectivity index is 2.90. The summed E-state index contributed by atoms with van der Waals surface area (Å²) in [5.74, 6) is -1.30. The van der Waals surface area contributed by atoms with Gasteiger partial charge in [0.15, 0.2) is 5.54 Å². The van der Waals surface area contributed by atoms with Crippen molar-refractivity contribution in [3.63, 3.8) is 0 Å². The van der Waals surface area contributed by atoms with E-state index in [-0.39, 0.29) is 11.6 Å². The molecule has 1 aromatic carbocycles. The van der Waals surface area contributed by atoms with Crippen LogP contribution in [0.25, 0.3) is 0 Å². The van der Waals surface area contributed by atoms with E-state index in [0.29, 0.717) is 0 Å². The number of hydrogen-bond acceptors (Lipinski definition) is 4. The van der Waals surface area contributed by atoms with Gasteiger partial charge in [-0.2, -0.15) is 0 Å². The van der Waals surface area contributed by atoms with Crippen molar-refractivity contribution in [2.75, 3.05) is 0 Å². The van der Waals surface area contributed by atoms with Crippen LogP contribution in [-0.4, -0.2) is 32.3 Å². The van der Waals surface area contributed by atoms with Crippen molar-refractivity contribution in [3.8, 4) is 0 Å². The molecule has 0 aliphatic heterocycles. The number of aliphatic carboxylic acids is 1. The third-order valence-corrected chi connectivity index (χ3v) is 2.29. The van der Waals surface area contributed by atoms with E-state index >= 15 is 0 Å². The van der Waals surface area contributed by atoms with Crippen LogP contribution in [0, 0.1) is 0 Å². The first kappa shape index (κ1) is 11.6. The molecule has 0 saturated carbocycles. The van der Waals surface area contributed by atoms with Crippen LogP contribution in [0.2, 0.25) is 0 Å². The highest BCUT2D eigenvalue weighted by molar-refractivity contribution is 5.78. The number of hydroxylamine groups is 2. The summed E-state index contributed by atoms with van der Waals surface area (Å²) < 4.78 is 0. The van der Waals surface area contributed by atoms with Crippen LogP contribution in [0.5, 0.6) is 0 Å². The molecule has 0 aliphatic carbocycles. The number of benzene rings is 1. The van der Waals surface area contributed by atoms with Crippen molar-refractivity contribution < 1.29 is 20.3 Å². The van der Waals surface area contributed by atoms with Gasteiger partial charge in [0, 0.05) is 6.42 Å². The lowest BCUT2D eigenvalue weighted by Gasteiger charge is -2.27. The second-order valence-electron chi connectivity index (χ2n) is 3.53. The predicted molar refractivity (Wildman–Crippen MR) is 51.6 cm³/mol. The van der Waals surface area contributed by atoms with Gasteiger partial charge in [0.1, 0.15) is 0 Å². The topological polar surface area (TPSA) is 81.0 Å². The maximum Gasteiger partial charge on any atom is 0.329 e. The van der Waals surface area contributed by atoms with E-state index in [1.807, 2.05) is 0 Å². The van der Waals surface area contributed by atoms with Gasteiger partial charge >= 0.3 is 5.97 Å². The molecule has 0 bridgehead atoms. The highest BCUT2D eigenvalue weighted by Gasteiger charge is 2.39. The summed E-state index contributed by atoms with van der Waals surface area (Å²) in [6.45, 7) is 1.24. The molecule has 1 unspecified atom stereocenters. The zero-order valence-electron chi connectivity index (χ0n) is 8.29. The quantitative estimate of drug-likeness (QED) is 0.651.